The van der Waals surface area contributed by atoms with Gasteiger partial charge in [0, 0.05) is 12.1 Å². The smallest absolute Gasteiger partial charge is 0.0300 e. The summed E-state index contributed by atoms with van der Waals surface area (Å²) in [5.74, 6) is 0. The lowest BCUT2D eigenvalue weighted by atomic mass is 9.75. The molecule has 2 aromatic carbocycles. The first-order valence-corrected chi connectivity index (χ1v) is 8.29. The molecule has 1 unspecified atom stereocenters. The van der Waals surface area contributed by atoms with Crippen LogP contribution in [-0.4, -0.2) is 6.04 Å². The number of rotatable bonds is 3. The standard InChI is InChI=1S/C20H27N/c1-15(21-17-11-13-20(2,3)14-12-17)18-10-6-8-16-7-4-5-9-19(16)18/h4-10,15,17,21H,11-14H2,1-3H3. The molecule has 0 radical (unpaired) electrons. The fourth-order valence-corrected chi connectivity index (χ4v) is 3.64. The maximum atomic E-state index is 3.87. The summed E-state index contributed by atoms with van der Waals surface area (Å²) in [5.41, 5.74) is 1.97. The van der Waals surface area contributed by atoms with Crippen LogP contribution in [0.3, 0.4) is 0 Å². The summed E-state index contributed by atoms with van der Waals surface area (Å²) < 4.78 is 0. The van der Waals surface area contributed by atoms with E-state index in [0.717, 1.165) is 0 Å². The molecule has 1 atom stereocenters. The Morgan fingerprint density at radius 3 is 2.43 bits per heavy atom. The molecule has 1 aliphatic rings. The van der Waals surface area contributed by atoms with Crippen molar-refractivity contribution in [2.24, 2.45) is 5.41 Å². The Labute approximate surface area is 128 Å². The number of benzene rings is 2. The summed E-state index contributed by atoms with van der Waals surface area (Å²) in [5, 5.41) is 6.59. The third-order valence-electron chi connectivity index (χ3n) is 5.11. The van der Waals surface area contributed by atoms with E-state index in [0.29, 0.717) is 17.5 Å². The van der Waals surface area contributed by atoms with Gasteiger partial charge in [-0.1, -0.05) is 56.3 Å². The van der Waals surface area contributed by atoms with Crippen molar-refractivity contribution < 1.29 is 0 Å². The van der Waals surface area contributed by atoms with Crippen LogP contribution in [0.2, 0.25) is 0 Å². The Kier molecular flexibility index (Phi) is 4.03. The van der Waals surface area contributed by atoms with Crippen molar-refractivity contribution in [3.63, 3.8) is 0 Å². The van der Waals surface area contributed by atoms with Crippen LogP contribution in [0.25, 0.3) is 10.8 Å². The minimum absolute atomic E-state index is 0.419. The Morgan fingerprint density at radius 2 is 1.67 bits per heavy atom. The molecule has 1 aliphatic carbocycles. The molecule has 1 saturated carbocycles. The SMILES string of the molecule is CC(NC1CCC(C)(C)CC1)c1cccc2ccccc12. The Hall–Kier alpha value is -1.34. The lowest BCUT2D eigenvalue weighted by Gasteiger charge is -2.36. The van der Waals surface area contributed by atoms with Crippen molar-refractivity contribution in [2.75, 3.05) is 0 Å². The fraction of sp³-hybridized carbons (Fsp3) is 0.500. The van der Waals surface area contributed by atoms with Gasteiger partial charge in [0.25, 0.3) is 0 Å². The monoisotopic (exact) mass is 281 g/mol. The van der Waals surface area contributed by atoms with Gasteiger partial charge in [-0.25, -0.2) is 0 Å². The topological polar surface area (TPSA) is 12.0 Å². The average molecular weight is 281 g/mol. The van der Waals surface area contributed by atoms with Crippen LogP contribution in [0.4, 0.5) is 0 Å². The molecule has 2 aromatic rings. The van der Waals surface area contributed by atoms with Crippen LogP contribution >= 0.6 is 0 Å². The maximum Gasteiger partial charge on any atom is 0.0300 e. The van der Waals surface area contributed by atoms with E-state index in [9.17, 15) is 0 Å². The molecule has 112 valence electrons. The van der Waals surface area contributed by atoms with Gasteiger partial charge >= 0.3 is 0 Å². The molecular weight excluding hydrogens is 254 g/mol. The Bertz CT molecular complexity index is 599. The molecule has 0 saturated heterocycles. The third kappa shape index (κ3) is 3.29. The van der Waals surface area contributed by atoms with Crippen molar-refractivity contribution in [3.8, 4) is 0 Å². The Morgan fingerprint density at radius 1 is 1.00 bits per heavy atom. The molecule has 1 heteroatoms. The average Bonchev–Trinajstić information content (AvgIpc) is 2.49. The van der Waals surface area contributed by atoms with Crippen LogP contribution < -0.4 is 5.32 Å². The second kappa shape index (κ2) is 5.81. The van der Waals surface area contributed by atoms with Gasteiger partial charge in [0.2, 0.25) is 0 Å². The molecule has 0 amide bonds. The summed E-state index contributed by atoms with van der Waals surface area (Å²) in [4.78, 5) is 0. The van der Waals surface area contributed by atoms with E-state index in [1.54, 1.807) is 0 Å². The zero-order valence-corrected chi connectivity index (χ0v) is 13.5. The minimum atomic E-state index is 0.419. The van der Waals surface area contributed by atoms with Gasteiger partial charge in [0.1, 0.15) is 0 Å². The molecule has 0 bridgehead atoms. The summed E-state index contributed by atoms with van der Waals surface area (Å²) in [6, 6.07) is 16.5. The van der Waals surface area contributed by atoms with Crippen LogP contribution in [0.1, 0.15) is 58.1 Å². The van der Waals surface area contributed by atoms with Crippen molar-refractivity contribution in [1.29, 1.82) is 0 Å². The van der Waals surface area contributed by atoms with Crippen molar-refractivity contribution in [1.82, 2.24) is 5.32 Å². The first-order valence-electron chi connectivity index (χ1n) is 8.29. The summed E-state index contributed by atoms with van der Waals surface area (Å²) in [7, 11) is 0. The highest BCUT2D eigenvalue weighted by Gasteiger charge is 2.27. The normalized spacial score (nSPS) is 20.5. The van der Waals surface area contributed by atoms with Crippen molar-refractivity contribution in [2.45, 2.75) is 58.5 Å². The van der Waals surface area contributed by atoms with Gasteiger partial charge in [-0.15, -0.1) is 0 Å². The highest BCUT2D eigenvalue weighted by molar-refractivity contribution is 5.86. The predicted molar refractivity (Wildman–Crippen MR) is 91.5 cm³/mol. The van der Waals surface area contributed by atoms with Crippen LogP contribution in [0, 0.1) is 5.41 Å². The predicted octanol–water partition coefficient (Wildman–Crippen LogP) is 5.46. The van der Waals surface area contributed by atoms with Crippen LogP contribution in [-0.2, 0) is 0 Å². The largest absolute Gasteiger partial charge is 0.307 e. The molecular formula is C20H27N. The third-order valence-corrected chi connectivity index (χ3v) is 5.11. The van der Waals surface area contributed by atoms with Crippen molar-refractivity contribution in [3.05, 3.63) is 48.0 Å². The molecule has 0 spiro atoms. The first kappa shape index (κ1) is 14.6. The van der Waals surface area contributed by atoms with E-state index >= 15 is 0 Å². The second-order valence-corrected chi connectivity index (χ2v) is 7.40. The quantitative estimate of drug-likeness (QED) is 0.787. The van der Waals surface area contributed by atoms with Gasteiger partial charge in [-0.05, 0) is 54.4 Å². The highest BCUT2D eigenvalue weighted by atomic mass is 14.9. The van der Waals surface area contributed by atoms with E-state index in [2.05, 4.69) is 68.6 Å². The molecule has 0 aromatic heterocycles. The molecule has 0 aliphatic heterocycles. The maximum absolute atomic E-state index is 3.87. The second-order valence-electron chi connectivity index (χ2n) is 7.40. The van der Waals surface area contributed by atoms with Crippen molar-refractivity contribution >= 4 is 10.8 Å². The molecule has 3 rings (SSSR count). The zero-order chi connectivity index (χ0) is 14.9. The minimum Gasteiger partial charge on any atom is -0.307 e. The van der Waals surface area contributed by atoms with E-state index in [1.165, 1.54) is 42.0 Å². The van der Waals surface area contributed by atoms with Gasteiger partial charge in [0.15, 0.2) is 0 Å². The number of nitrogens with one attached hydrogen (secondary N) is 1. The highest BCUT2D eigenvalue weighted by Crippen LogP contribution is 2.36. The molecule has 1 N–H and O–H groups in total. The van der Waals surface area contributed by atoms with Gasteiger partial charge in [-0.2, -0.15) is 0 Å². The van der Waals surface area contributed by atoms with Gasteiger partial charge in [-0.3, -0.25) is 0 Å². The van der Waals surface area contributed by atoms with Gasteiger partial charge < -0.3 is 5.32 Å². The molecule has 1 nitrogen and oxygen atoms in total. The molecule has 1 fully saturated rings. The van der Waals surface area contributed by atoms with E-state index in [1.807, 2.05) is 0 Å². The lowest BCUT2D eigenvalue weighted by molar-refractivity contribution is 0.200. The molecule has 0 heterocycles. The van der Waals surface area contributed by atoms with Crippen LogP contribution in [0.5, 0.6) is 0 Å². The lowest BCUT2D eigenvalue weighted by Crippen LogP contribution is -2.37. The number of hydrogen-bond donors (Lipinski definition) is 1. The van der Waals surface area contributed by atoms with E-state index < -0.39 is 0 Å². The Balaban J connectivity index is 1.74. The zero-order valence-electron chi connectivity index (χ0n) is 13.5. The van der Waals surface area contributed by atoms with E-state index in [4.69, 9.17) is 0 Å². The summed E-state index contributed by atoms with van der Waals surface area (Å²) in [6.07, 6.45) is 5.30. The summed E-state index contributed by atoms with van der Waals surface area (Å²) in [6.45, 7) is 7.11. The van der Waals surface area contributed by atoms with Crippen LogP contribution in [0.15, 0.2) is 42.5 Å². The number of fused-ring (bicyclic) bond motifs is 1. The van der Waals surface area contributed by atoms with Gasteiger partial charge in [0.05, 0.1) is 0 Å². The number of hydrogen-bond acceptors (Lipinski definition) is 1. The first-order chi connectivity index (χ1) is 10.1. The molecule has 21 heavy (non-hydrogen) atoms. The fourth-order valence-electron chi connectivity index (χ4n) is 3.64. The summed E-state index contributed by atoms with van der Waals surface area (Å²) >= 11 is 0. The van der Waals surface area contributed by atoms with E-state index in [-0.39, 0.29) is 0 Å².